The Kier molecular flexibility index (Phi) is 3.73. The first kappa shape index (κ1) is 12.8. The molecule has 2 fully saturated rings. The summed E-state index contributed by atoms with van der Waals surface area (Å²) < 4.78 is 0. The Morgan fingerprint density at radius 2 is 2.18 bits per heavy atom. The maximum Gasteiger partial charge on any atom is 0.234 e. The number of carbonyl (C=O) groups is 1. The maximum absolute atomic E-state index is 11.7. The van der Waals surface area contributed by atoms with Crippen LogP contribution in [0.5, 0.6) is 0 Å². The van der Waals surface area contributed by atoms with Gasteiger partial charge < -0.3 is 10.4 Å². The van der Waals surface area contributed by atoms with Gasteiger partial charge in [-0.05, 0) is 32.1 Å². The Balaban J connectivity index is 1.64. The molecule has 98 valence electrons. The molecule has 1 heterocycles. The first-order chi connectivity index (χ1) is 8.03. The molecule has 1 aliphatic carbocycles. The summed E-state index contributed by atoms with van der Waals surface area (Å²) in [5.74, 6) is 0.588. The molecule has 1 amide bonds. The molecule has 17 heavy (non-hydrogen) atoms. The lowest BCUT2D eigenvalue weighted by atomic mass is 9.89. The van der Waals surface area contributed by atoms with Crippen LogP contribution < -0.4 is 5.32 Å². The van der Waals surface area contributed by atoms with Gasteiger partial charge in [-0.1, -0.05) is 13.3 Å². The minimum atomic E-state index is -0.477. The highest BCUT2D eigenvalue weighted by Gasteiger charge is 2.51. The van der Waals surface area contributed by atoms with E-state index in [0.29, 0.717) is 25.6 Å². The molecule has 4 nitrogen and oxygen atoms in total. The topological polar surface area (TPSA) is 52.6 Å². The van der Waals surface area contributed by atoms with Crippen LogP contribution >= 0.6 is 0 Å². The fraction of sp³-hybridized carbons (Fsp3) is 0.923. The minimum absolute atomic E-state index is 0.0868. The molecule has 1 saturated carbocycles. The third kappa shape index (κ3) is 3.19. The van der Waals surface area contributed by atoms with E-state index in [1.165, 1.54) is 0 Å². The number of hydrogen-bond donors (Lipinski definition) is 2. The van der Waals surface area contributed by atoms with Crippen LogP contribution in [0.15, 0.2) is 0 Å². The lowest BCUT2D eigenvalue weighted by Crippen LogP contribution is -2.64. The molecule has 1 aliphatic heterocycles. The van der Waals surface area contributed by atoms with Gasteiger partial charge in [0.15, 0.2) is 0 Å². The van der Waals surface area contributed by atoms with E-state index in [4.69, 9.17) is 0 Å². The molecule has 1 unspecified atom stereocenters. The molecule has 4 heteroatoms. The van der Waals surface area contributed by atoms with Crippen molar-refractivity contribution in [2.24, 2.45) is 5.92 Å². The molecule has 2 N–H and O–H groups in total. The van der Waals surface area contributed by atoms with Gasteiger partial charge in [0.25, 0.3) is 0 Å². The van der Waals surface area contributed by atoms with Gasteiger partial charge in [-0.25, -0.2) is 0 Å². The Hall–Kier alpha value is -0.610. The first-order valence-electron chi connectivity index (χ1n) is 6.77. The molecule has 2 aliphatic rings. The van der Waals surface area contributed by atoms with Gasteiger partial charge in [0.2, 0.25) is 5.91 Å². The molecular weight excluding hydrogens is 216 g/mol. The summed E-state index contributed by atoms with van der Waals surface area (Å²) >= 11 is 0. The van der Waals surface area contributed by atoms with Crippen molar-refractivity contribution in [1.29, 1.82) is 0 Å². The molecule has 0 aromatic carbocycles. The Morgan fingerprint density at radius 1 is 1.53 bits per heavy atom. The summed E-state index contributed by atoms with van der Waals surface area (Å²) in [6, 6.07) is 0.260. The van der Waals surface area contributed by atoms with E-state index in [1.807, 2.05) is 11.8 Å². The van der Waals surface area contributed by atoms with Gasteiger partial charge in [0.05, 0.1) is 12.1 Å². The van der Waals surface area contributed by atoms with Crippen LogP contribution in [0.25, 0.3) is 0 Å². The van der Waals surface area contributed by atoms with Gasteiger partial charge in [0, 0.05) is 19.1 Å². The third-order valence-electron chi connectivity index (χ3n) is 3.83. The van der Waals surface area contributed by atoms with Crippen molar-refractivity contribution in [2.75, 3.05) is 19.6 Å². The van der Waals surface area contributed by atoms with Crippen LogP contribution in [0.4, 0.5) is 0 Å². The number of amides is 1. The fourth-order valence-corrected chi connectivity index (χ4v) is 2.75. The van der Waals surface area contributed by atoms with Crippen molar-refractivity contribution in [1.82, 2.24) is 10.2 Å². The Labute approximate surface area is 103 Å². The lowest BCUT2D eigenvalue weighted by Gasteiger charge is -2.46. The van der Waals surface area contributed by atoms with Crippen molar-refractivity contribution >= 4 is 5.91 Å². The average Bonchev–Trinajstić information content (AvgIpc) is 2.97. The van der Waals surface area contributed by atoms with Crippen LogP contribution in [-0.4, -0.2) is 47.2 Å². The molecule has 0 aromatic heterocycles. The normalized spacial score (nSPS) is 25.1. The molecule has 0 radical (unpaired) electrons. The average molecular weight is 240 g/mol. The summed E-state index contributed by atoms with van der Waals surface area (Å²) in [4.78, 5) is 13.7. The number of nitrogens with zero attached hydrogens (tertiary/aromatic N) is 1. The number of carbonyl (C=O) groups excluding carboxylic acids is 1. The summed E-state index contributed by atoms with van der Waals surface area (Å²) in [6.45, 7) is 5.94. The van der Waals surface area contributed by atoms with E-state index in [9.17, 15) is 9.90 Å². The van der Waals surface area contributed by atoms with Crippen molar-refractivity contribution in [3.63, 3.8) is 0 Å². The predicted octanol–water partition coefficient (Wildman–Crippen LogP) is 0.748. The second-order valence-electron chi connectivity index (χ2n) is 5.78. The van der Waals surface area contributed by atoms with Crippen LogP contribution in [0.1, 0.15) is 39.5 Å². The fourth-order valence-electron chi connectivity index (χ4n) is 2.75. The minimum Gasteiger partial charge on any atom is -0.387 e. The summed E-state index contributed by atoms with van der Waals surface area (Å²) in [7, 11) is 0. The Morgan fingerprint density at radius 3 is 2.71 bits per heavy atom. The monoisotopic (exact) mass is 240 g/mol. The summed E-state index contributed by atoms with van der Waals surface area (Å²) in [5.41, 5.74) is -0.477. The zero-order valence-corrected chi connectivity index (χ0v) is 10.9. The number of likely N-dealkylation sites (tertiary alicyclic amines) is 1. The van der Waals surface area contributed by atoms with Gasteiger partial charge in [-0.3, -0.25) is 9.69 Å². The molecule has 0 bridgehead atoms. The van der Waals surface area contributed by atoms with E-state index in [1.54, 1.807) is 0 Å². The SMILES string of the molecule is CCCC(C)NC(=O)CN1CC(O)(C2CC2)C1. The molecule has 2 rings (SSSR count). The summed E-state index contributed by atoms with van der Waals surface area (Å²) in [5, 5.41) is 13.1. The van der Waals surface area contributed by atoms with Gasteiger partial charge in [0.1, 0.15) is 0 Å². The lowest BCUT2D eigenvalue weighted by molar-refractivity contribution is -0.137. The zero-order chi connectivity index (χ0) is 12.5. The van der Waals surface area contributed by atoms with Crippen LogP contribution in [0, 0.1) is 5.92 Å². The van der Waals surface area contributed by atoms with Gasteiger partial charge >= 0.3 is 0 Å². The van der Waals surface area contributed by atoms with E-state index in [2.05, 4.69) is 12.2 Å². The third-order valence-corrected chi connectivity index (χ3v) is 3.83. The quantitative estimate of drug-likeness (QED) is 0.720. The zero-order valence-electron chi connectivity index (χ0n) is 10.9. The van der Waals surface area contributed by atoms with Crippen molar-refractivity contribution in [3.8, 4) is 0 Å². The largest absolute Gasteiger partial charge is 0.387 e. The van der Waals surface area contributed by atoms with E-state index in [-0.39, 0.29) is 11.9 Å². The highest BCUT2D eigenvalue weighted by atomic mass is 16.3. The second kappa shape index (κ2) is 4.94. The molecule has 1 atom stereocenters. The highest BCUT2D eigenvalue weighted by Crippen LogP contribution is 2.44. The van der Waals surface area contributed by atoms with Crippen molar-refractivity contribution < 1.29 is 9.90 Å². The molecular formula is C13H24N2O2. The van der Waals surface area contributed by atoms with Crippen LogP contribution in [0.2, 0.25) is 0 Å². The standard InChI is InChI=1S/C13H24N2O2/c1-3-4-10(2)14-12(16)7-15-8-13(17,9-15)11-5-6-11/h10-11,17H,3-9H2,1-2H3,(H,14,16). The van der Waals surface area contributed by atoms with Crippen molar-refractivity contribution in [2.45, 2.75) is 51.2 Å². The number of aliphatic hydroxyl groups is 1. The molecule has 1 saturated heterocycles. The van der Waals surface area contributed by atoms with Crippen molar-refractivity contribution in [3.05, 3.63) is 0 Å². The number of hydrogen-bond acceptors (Lipinski definition) is 3. The second-order valence-corrected chi connectivity index (χ2v) is 5.78. The number of β-amino-alcohol motifs (C(OH)–C–C–N with tert-alkyl or cyclic N) is 1. The molecule has 0 aromatic rings. The first-order valence-corrected chi connectivity index (χ1v) is 6.77. The van der Waals surface area contributed by atoms with Gasteiger partial charge in [-0.15, -0.1) is 0 Å². The number of rotatable bonds is 6. The van der Waals surface area contributed by atoms with Crippen LogP contribution in [-0.2, 0) is 4.79 Å². The van der Waals surface area contributed by atoms with E-state index < -0.39 is 5.60 Å². The van der Waals surface area contributed by atoms with Crippen LogP contribution in [0.3, 0.4) is 0 Å². The number of nitrogens with one attached hydrogen (secondary N) is 1. The smallest absolute Gasteiger partial charge is 0.234 e. The van der Waals surface area contributed by atoms with E-state index in [0.717, 1.165) is 25.7 Å². The summed E-state index contributed by atoms with van der Waals surface area (Å²) in [6.07, 6.45) is 4.43. The Bertz CT molecular complexity index is 283. The highest BCUT2D eigenvalue weighted by molar-refractivity contribution is 5.78. The van der Waals surface area contributed by atoms with Gasteiger partial charge in [-0.2, -0.15) is 0 Å². The molecule has 0 spiro atoms. The predicted molar refractivity (Wildman–Crippen MR) is 66.6 cm³/mol. The van der Waals surface area contributed by atoms with E-state index >= 15 is 0 Å². The maximum atomic E-state index is 11.7.